The van der Waals surface area contributed by atoms with Crippen LogP contribution in [0.15, 0.2) is 87.7 Å². The van der Waals surface area contributed by atoms with Crippen molar-refractivity contribution in [2.24, 2.45) is 9.98 Å². The van der Waals surface area contributed by atoms with E-state index in [0.717, 1.165) is 24.1 Å². The van der Waals surface area contributed by atoms with Crippen LogP contribution in [0.1, 0.15) is 37.7 Å². The number of aliphatic imine (C=N–C) groups is 1. The molecular weight excluding hydrogens is 486 g/mol. The van der Waals surface area contributed by atoms with Gasteiger partial charge in [0.25, 0.3) is 0 Å². The molecule has 4 rings (SSSR count). The van der Waals surface area contributed by atoms with Gasteiger partial charge in [-0.15, -0.1) is 0 Å². The van der Waals surface area contributed by atoms with Crippen LogP contribution in [-0.2, 0) is 16.6 Å². The molecule has 0 radical (unpaired) electrons. The molecule has 0 spiro atoms. The first-order chi connectivity index (χ1) is 17.9. The van der Waals surface area contributed by atoms with Gasteiger partial charge in [-0.05, 0) is 54.8 Å². The molecule has 1 N–H and O–H groups in total. The quantitative estimate of drug-likeness (QED) is 0.366. The minimum atomic E-state index is -3.49. The molecule has 1 heterocycles. The molecule has 196 valence electrons. The van der Waals surface area contributed by atoms with Crippen molar-refractivity contribution in [1.29, 1.82) is 0 Å². The highest BCUT2D eigenvalue weighted by Gasteiger charge is 2.17. The summed E-state index contributed by atoms with van der Waals surface area (Å²) in [5, 5.41) is 3.40. The maximum Gasteiger partial charge on any atom is 0.242 e. The minimum Gasteiger partial charge on any atom is -0.482 e. The average molecular weight is 522 g/mol. The largest absolute Gasteiger partial charge is 0.482 e. The van der Waals surface area contributed by atoms with Crippen molar-refractivity contribution in [1.82, 2.24) is 8.87 Å². The first-order valence-electron chi connectivity index (χ1n) is 12.6. The lowest BCUT2D eigenvalue weighted by molar-refractivity contribution is 0.369. The number of hydrogen-bond donors (Lipinski definition) is 1. The normalized spacial score (nSPS) is 15.7. The van der Waals surface area contributed by atoms with E-state index in [1.807, 2.05) is 65.2 Å². The maximum atomic E-state index is 12.5. The first kappa shape index (κ1) is 26.6. The van der Waals surface area contributed by atoms with E-state index in [1.165, 1.54) is 37.7 Å². The van der Waals surface area contributed by atoms with Crippen molar-refractivity contribution < 1.29 is 13.2 Å². The monoisotopic (exact) mass is 521 g/mol. The van der Waals surface area contributed by atoms with Crippen molar-refractivity contribution in [3.05, 3.63) is 83.8 Å². The van der Waals surface area contributed by atoms with Gasteiger partial charge in [-0.3, -0.25) is 4.57 Å². The molecule has 2 aromatic carbocycles. The van der Waals surface area contributed by atoms with E-state index in [0.29, 0.717) is 23.9 Å². The molecule has 0 aliphatic heterocycles. The van der Waals surface area contributed by atoms with Gasteiger partial charge < -0.3 is 10.1 Å². The fourth-order valence-corrected chi connectivity index (χ4v) is 5.24. The molecule has 1 saturated carbocycles. The summed E-state index contributed by atoms with van der Waals surface area (Å²) in [5.41, 5.74) is 2.53. The maximum absolute atomic E-state index is 12.5. The van der Waals surface area contributed by atoms with E-state index in [4.69, 9.17) is 14.7 Å². The molecule has 0 saturated heterocycles. The van der Waals surface area contributed by atoms with Gasteiger partial charge in [0.05, 0.1) is 24.6 Å². The van der Waals surface area contributed by atoms with E-state index in [2.05, 4.69) is 5.32 Å². The number of pyridine rings is 1. The lowest BCUT2D eigenvalue weighted by Gasteiger charge is -2.19. The van der Waals surface area contributed by atoms with Crippen molar-refractivity contribution in [3.8, 4) is 5.88 Å². The SMILES string of the molecule is COc1cccc(=NC(=NC2CCCCC2)Nc2ccccc2)n1Cc1ccc(S(=O)(=O)N(C)C)cc1. The minimum absolute atomic E-state index is 0.244. The Kier molecular flexibility index (Phi) is 8.78. The number of methoxy groups -OCH3 is 1. The van der Waals surface area contributed by atoms with Crippen LogP contribution in [-0.4, -0.2) is 50.5 Å². The highest BCUT2D eigenvalue weighted by atomic mass is 32.2. The van der Waals surface area contributed by atoms with Crippen LogP contribution in [0.2, 0.25) is 0 Å². The third-order valence-electron chi connectivity index (χ3n) is 6.41. The summed E-state index contributed by atoms with van der Waals surface area (Å²) >= 11 is 0. The third kappa shape index (κ3) is 6.87. The summed E-state index contributed by atoms with van der Waals surface area (Å²) in [4.78, 5) is 10.2. The number of sulfonamides is 1. The van der Waals surface area contributed by atoms with Crippen LogP contribution in [0, 0.1) is 0 Å². The Labute approximate surface area is 219 Å². The number of nitrogens with zero attached hydrogens (tertiary/aromatic N) is 4. The zero-order valence-electron chi connectivity index (χ0n) is 21.7. The molecule has 0 bridgehead atoms. The molecule has 1 aromatic heterocycles. The zero-order chi connectivity index (χ0) is 26.3. The van der Waals surface area contributed by atoms with E-state index < -0.39 is 10.0 Å². The van der Waals surface area contributed by atoms with E-state index >= 15 is 0 Å². The predicted octanol–water partition coefficient (Wildman–Crippen LogP) is 4.50. The molecule has 0 amide bonds. The van der Waals surface area contributed by atoms with Crippen molar-refractivity contribution >= 4 is 21.7 Å². The third-order valence-corrected chi connectivity index (χ3v) is 8.24. The number of aromatic nitrogens is 1. The zero-order valence-corrected chi connectivity index (χ0v) is 22.5. The molecule has 0 atom stereocenters. The molecule has 1 aliphatic carbocycles. The lowest BCUT2D eigenvalue weighted by Crippen LogP contribution is -2.27. The number of nitrogens with one attached hydrogen (secondary N) is 1. The van der Waals surface area contributed by atoms with Gasteiger partial charge in [-0.25, -0.2) is 17.7 Å². The van der Waals surface area contributed by atoms with Gasteiger partial charge >= 0.3 is 0 Å². The fourth-order valence-electron chi connectivity index (χ4n) is 4.34. The van der Waals surface area contributed by atoms with E-state index in [1.54, 1.807) is 19.2 Å². The average Bonchev–Trinajstić information content (AvgIpc) is 2.91. The molecule has 0 unspecified atom stereocenters. The van der Waals surface area contributed by atoms with Crippen LogP contribution in [0.25, 0.3) is 0 Å². The van der Waals surface area contributed by atoms with Gasteiger partial charge in [-0.1, -0.05) is 55.7 Å². The Hall–Kier alpha value is -3.43. The van der Waals surface area contributed by atoms with Crippen molar-refractivity contribution in [2.45, 2.75) is 49.6 Å². The summed E-state index contributed by atoms with van der Waals surface area (Å²) < 4.78 is 33.7. The number of guanidine groups is 1. The van der Waals surface area contributed by atoms with Crippen molar-refractivity contribution in [3.63, 3.8) is 0 Å². The van der Waals surface area contributed by atoms with Gasteiger partial charge in [0, 0.05) is 19.8 Å². The number of ether oxygens (including phenoxy) is 1. The summed E-state index contributed by atoms with van der Waals surface area (Å²) in [6.07, 6.45) is 5.76. The number of rotatable bonds is 7. The standard InChI is InChI=1S/C28H35N5O3S/c1-32(2)37(34,35)25-19-17-22(18-20-25)21-33-26(15-10-16-27(33)36-3)31-28(29-23-11-6-4-7-12-23)30-24-13-8-5-9-14-24/h4,6-7,10-12,15-20,24H,5,8-9,13-14,21H2,1-3H3,(H,29,30). The Morgan fingerprint density at radius 1 is 0.973 bits per heavy atom. The first-order valence-corrected chi connectivity index (χ1v) is 14.0. The summed E-state index contributed by atoms with van der Waals surface area (Å²) in [6.45, 7) is 0.452. The van der Waals surface area contributed by atoms with E-state index in [9.17, 15) is 8.42 Å². The number of hydrogen-bond acceptors (Lipinski definition) is 4. The van der Waals surface area contributed by atoms with E-state index in [-0.39, 0.29) is 10.9 Å². The molecule has 37 heavy (non-hydrogen) atoms. The Bertz CT molecular complexity index is 1380. The van der Waals surface area contributed by atoms with Crippen LogP contribution >= 0.6 is 0 Å². The Balaban J connectivity index is 1.71. The summed E-state index contributed by atoms with van der Waals surface area (Å²) in [6, 6.07) is 22.8. The molecular formula is C28H35N5O3S. The molecule has 3 aromatic rings. The number of anilines is 1. The topological polar surface area (TPSA) is 88.3 Å². The molecule has 1 aliphatic rings. The van der Waals surface area contributed by atoms with Crippen LogP contribution < -0.4 is 15.5 Å². The summed E-state index contributed by atoms with van der Waals surface area (Å²) in [5.74, 6) is 1.20. The predicted molar refractivity (Wildman–Crippen MR) is 147 cm³/mol. The second-order valence-electron chi connectivity index (χ2n) is 9.29. The van der Waals surface area contributed by atoms with Crippen LogP contribution in [0.5, 0.6) is 5.88 Å². The van der Waals surface area contributed by atoms with Gasteiger partial charge in [-0.2, -0.15) is 4.99 Å². The molecule has 9 heteroatoms. The molecule has 8 nitrogen and oxygen atoms in total. The fraction of sp³-hybridized carbons (Fsp3) is 0.357. The second kappa shape index (κ2) is 12.2. The second-order valence-corrected chi connectivity index (χ2v) is 11.4. The van der Waals surface area contributed by atoms with Crippen LogP contribution in [0.4, 0.5) is 5.69 Å². The highest BCUT2D eigenvalue weighted by Crippen LogP contribution is 2.21. The lowest BCUT2D eigenvalue weighted by atomic mass is 9.96. The van der Waals surface area contributed by atoms with Gasteiger partial charge in [0.15, 0.2) is 5.88 Å². The Morgan fingerprint density at radius 2 is 1.68 bits per heavy atom. The highest BCUT2D eigenvalue weighted by molar-refractivity contribution is 7.89. The smallest absolute Gasteiger partial charge is 0.242 e. The Morgan fingerprint density at radius 3 is 2.32 bits per heavy atom. The van der Waals surface area contributed by atoms with Crippen LogP contribution in [0.3, 0.4) is 0 Å². The number of para-hydroxylation sites is 1. The van der Waals surface area contributed by atoms with Gasteiger partial charge in [0.2, 0.25) is 16.0 Å². The summed E-state index contributed by atoms with van der Waals surface area (Å²) in [7, 11) is 1.19. The number of benzene rings is 2. The van der Waals surface area contributed by atoms with Crippen molar-refractivity contribution in [2.75, 3.05) is 26.5 Å². The van der Waals surface area contributed by atoms with Gasteiger partial charge in [0.1, 0.15) is 5.49 Å². The molecule has 1 fully saturated rings.